The minimum absolute atomic E-state index is 0.529. The second kappa shape index (κ2) is 7.53. The normalized spacial score (nSPS) is 45.8. The second-order valence-electron chi connectivity index (χ2n) is 12.3. The molecule has 0 aliphatic heterocycles. The molecule has 4 aliphatic carbocycles. The Bertz CT molecular complexity index is 817. The van der Waals surface area contributed by atoms with Crippen molar-refractivity contribution in [2.24, 2.45) is 40.4 Å². The van der Waals surface area contributed by atoms with Crippen molar-refractivity contribution < 1.29 is 0 Å². The van der Waals surface area contributed by atoms with Gasteiger partial charge in [0.1, 0.15) is 0 Å². The lowest BCUT2D eigenvalue weighted by Crippen LogP contribution is -2.53. The van der Waals surface area contributed by atoms with Crippen molar-refractivity contribution in [3.63, 3.8) is 0 Å². The fourth-order valence-corrected chi connectivity index (χ4v) is 9.30. The smallest absolute Gasteiger partial charge is 0.0105 e. The van der Waals surface area contributed by atoms with Gasteiger partial charge in [-0.15, -0.1) is 0 Å². The highest BCUT2D eigenvalue weighted by Crippen LogP contribution is 2.69. The third kappa shape index (κ3) is 3.07. The minimum atomic E-state index is 0.529. The van der Waals surface area contributed by atoms with E-state index in [0.29, 0.717) is 10.8 Å². The molecular weight excluding hydrogens is 360 g/mol. The minimum Gasteiger partial charge on any atom is -0.0871 e. The predicted octanol–water partition coefficient (Wildman–Crippen LogP) is 8.79. The number of allylic oxidation sites excluding steroid dienone is 1. The summed E-state index contributed by atoms with van der Waals surface area (Å²) in [5.74, 6) is 5.75. The van der Waals surface area contributed by atoms with E-state index in [4.69, 9.17) is 0 Å². The number of rotatable bonds is 2. The molecule has 0 amide bonds. The molecule has 0 spiro atoms. The first-order chi connectivity index (χ1) is 14.4. The van der Waals surface area contributed by atoms with Crippen LogP contribution < -0.4 is 0 Å². The molecule has 0 bridgehead atoms. The molecule has 4 fully saturated rings. The van der Waals surface area contributed by atoms with Gasteiger partial charge in [0.2, 0.25) is 0 Å². The topological polar surface area (TPSA) is 0 Å². The molecule has 0 saturated heterocycles. The van der Waals surface area contributed by atoms with E-state index in [2.05, 4.69) is 65.0 Å². The van der Waals surface area contributed by atoms with Gasteiger partial charge in [0.25, 0.3) is 0 Å². The quantitative estimate of drug-likeness (QED) is 0.462. The summed E-state index contributed by atoms with van der Waals surface area (Å²) in [6.45, 7) is 12.3. The molecule has 0 heteroatoms. The van der Waals surface area contributed by atoms with Crippen LogP contribution in [-0.2, 0) is 0 Å². The number of hydrogen-bond donors (Lipinski definition) is 0. The SMILES string of the molecule is C/C=C\c1ccc(C2CCC3C4CCC5CC(C)CCC5(C)C4CCC23C)cc1C. The fourth-order valence-electron chi connectivity index (χ4n) is 9.30. The summed E-state index contributed by atoms with van der Waals surface area (Å²) >= 11 is 0. The van der Waals surface area contributed by atoms with Gasteiger partial charge >= 0.3 is 0 Å². The lowest BCUT2D eigenvalue weighted by atomic mass is 9.44. The van der Waals surface area contributed by atoms with E-state index >= 15 is 0 Å². The molecule has 8 atom stereocenters. The van der Waals surface area contributed by atoms with Crippen LogP contribution in [0.4, 0.5) is 0 Å². The van der Waals surface area contributed by atoms with Crippen LogP contribution in [-0.4, -0.2) is 0 Å². The zero-order valence-corrected chi connectivity index (χ0v) is 20.2. The molecule has 0 aromatic heterocycles. The summed E-state index contributed by atoms with van der Waals surface area (Å²) in [5.41, 5.74) is 5.66. The van der Waals surface area contributed by atoms with Gasteiger partial charge in [0.15, 0.2) is 0 Å². The Morgan fingerprint density at radius 1 is 0.900 bits per heavy atom. The lowest BCUT2D eigenvalue weighted by Gasteiger charge is -2.61. The summed E-state index contributed by atoms with van der Waals surface area (Å²) in [6.07, 6.45) is 17.9. The molecule has 4 aliphatic rings. The summed E-state index contributed by atoms with van der Waals surface area (Å²) in [4.78, 5) is 0. The maximum absolute atomic E-state index is 2.72. The van der Waals surface area contributed by atoms with E-state index in [0.717, 1.165) is 35.5 Å². The molecule has 1 aromatic carbocycles. The van der Waals surface area contributed by atoms with Gasteiger partial charge in [-0.2, -0.15) is 0 Å². The molecule has 4 saturated carbocycles. The molecule has 0 heterocycles. The summed E-state index contributed by atoms with van der Waals surface area (Å²) in [7, 11) is 0. The van der Waals surface area contributed by atoms with Gasteiger partial charge in [-0.05, 0) is 128 Å². The van der Waals surface area contributed by atoms with Gasteiger partial charge in [-0.3, -0.25) is 0 Å². The highest BCUT2D eigenvalue weighted by atomic mass is 14.6. The Kier molecular flexibility index (Phi) is 5.23. The van der Waals surface area contributed by atoms with Gasteiger partial charge < -0.3 is 0 Å². The van der Waals surface area contributed by atoms with Crippen LogP contribution in [0.2, 0.25) is 0 Å². The van der Waals surface area contributed by atoms with E-state index < -0.39 is 0 Å². The molecule has 8 unspecified atom stereocenters. The molecule has 0 N–H and O–H groups in total. The maximum atomic E-state index is 2.72. The van der Waals surface area contributed by atoms with Gasteiger partial charge in [-0.1, -0.05) is 57.5 Å². The van der Waals surface area contributed by atoms with Crippen molar-refractivity contribution in [1.29, 1.82) is 0 Å². The van der Waals surface area contributed by atoms with E-state index in [9.17, 15) is 0 Å². The van der Waals surface area contributed by atoms with Crippen molar-refractivity contribution >= 4 is 6.08 Å². The van der Waals surface area contributed by atoms with Crippen LogP contribution in [0, 0.1) is 47.3 Å². The van der Waals surface area contributed by atoms with Gasteiger partial charge in [0, 0.05) is 0 Å². The molecule has 1 aromatic rings. The Hall–Kier alpha value is -1.04. The van der Waals surface area contributed by atoms with Crippen molar-refractivity contribution in [1.82, 2.24) is 0 Å². The Morgan fingerprint density at radius 2 is 1.67 bits per heavy atom. The van der Waals surface area contributed by atoms with Gasteiger partial charge in [-0.25, -0.2) is 0 Å². The Labute approximate surface area is 185 Å². The molecule has 164 valence electrons. The maximum Gasteiger partial charge on any atom is -0.0105 e. The van der Waals surface area contributed by atoms with Crippen LogP contribution in [0.15, 0.2) is 24.3 Å². The van der Waals surface area contributed by atoms with Crippen LogP contribution >= 0.6 is 0 Å². The summed E-state index contributed by atoms with van der Waals surface area (Å²) < 4.78 is 0. The third-order valence-corrected chi connectivity index (χ3v) is 11.0. The molecule has 5 rings (SSSR count). The van der Waals surface area contributed by atoms with Crippen LogP contribution in [0.5, 0.6) is 0 Å². The fraction of sp³-hybridized carbons (Fsp3) is 0.733. The van der Waals surface area contributed by atoms with Crippen molar-refractivity contribution in [2.45, 2.75) is 98.3 Å². The van der Waals surface area contributed by atoms with Crippen molar-refractivity contribution in [3.05, 3.63) is 41.0 Å². The number of benzene rings is 1. The van der Waals surface area contributed by atoms with E-state index in [1.807, 2.05) is 0 Å². The zero-order chi connectivity index (χ0) is 21.1. The van der Waals surface area contributed by atoms with Crippen LogP contribution in [0.1, 0.15) is 108 Å². The molecule has 0 radical (unpaired) electrons. The van der Waals surface area contributed by atoms with Crippen LogP contribution in [0.3, 0.4) is 0 Å². The first-order valence-corrected chi connectivity index (χ1v) is 13.1. The highest BCUT2D eigenvalue weighted by molar-refractivity contribution is 5.54. The second-order valence-corrected chi connectivity index (χ2v) is 12.3. The average Bonchev–Trinajstić information content (AvgIpc) is 3.07. The Balaban J connectivity index is 1.41. The third-order valence-electron chi connectivity index (χ3n) is 11.0. The molecular formula is C30H44. The zero-order valence-electron chi connectivity index (χ0n) is 20.2. The average molecular weight is 405 g/mol. The molecule has 30 heavy (non-hydrogen) atoms. The number of fused-ring (bicyclic) bond motifs is 5. The summed E-state index contributed by atoms with van der Waals surface area (Å²) in [6, 6.07) is 7.37. The first-order valence-electron chi connectivity index (χ1n) is 13.1. The van der Waals surface area contributed by atoms with Crippen molar-refractivity contribution in [2.75, 3.05) is 0 Å². The van der Waals surface area contributed by atoms with Crippen molar-refractivity contribution in [3.8, 4) is 0 Å². The predicted molar refractivity (Wildman–Crippen MR) is 130 cm³/mol. The van der Waals surface area contributed by atoms with E-state index in [1.54, 1.807) is 5.56 Å². The van der Waals surface area contributed by atoms with E-state index in [1.165, 1.54) is 68.9 Å². The Morgan fingerprint density at radius 3 is 2.43 bits per heavy atom. The van der Waals surface area contributed by atoms with E-state index in [-0.39, 0.29) is 0 Å². The first kappa shape index (κ1) is 20.8. The lowest BCUT2D eigenvalue weighted by molar-refractivity contribution is -0.112. The highest BCUT2D eigenvalue weighted by Gasteiger charge is 2.60. The summed E-state index contributed by atoms with van der Waals surface area (Å²) in [5, 5.41) is 0. The standard InChI is InChI=1S/C30H44/c1-6-7-22-8-9-23(19-21(22)3)26-12-13-27-25-11-10-24-18-20(2)14-16-29(24,4)28(25)15-17-30(26,27)5/h6-9,19-20,24-28H,10-18H2,1-5H3/b7-6-. The largest absolute Gasteiger partial charge is 0.0871 e. The monoisotopic (exact) mass is 404 g/mol. The van der Waals surface area contributed by atoms with Gasteiger partial charge in [0.05, 0.1) is 0 Å². The molecule has 0 nitrogen and oxygen atoms in total. The number of aryl methyl sites for hydroxylation is 1. The van der Waals surface area contributed by atoms with Crippen LogP contribution in [0.25, 0.3) is 6.08 Å². The number of hydrogen-bond acceptors (Lipinski definition) is 0.